The number of pyridine rings is 1. The molecular formula is C25H27ClN4O4S2. The van der Waals surface area contributed by atoms with E-state index in [4.69, 9.17) is 9.72 Å². The summed E-state index contributed by atoms with van der Waals surface area (Å²) in [5.74, 6) is 0.145. The van der Waals surface area contributed by atoms with Crippen molar-refractivity contribution in [1.82, 2.24) is 14.9 Å². The second-order valence-corrected chi connectivity index (χ2v) is 11.6. The number of nitrogens with one attached hydrogen (secondary N) is 1. The number of phenolic OH excluding ortho intramolecular Hbond substituents is 1. The Morgan fingerprint density at radius 2 is 1.92 bits per heavy atom. The number of aromatic nitrogens is 2. The Hall–Kier alpha value is -2.76. The number of anilines is 2. The standard InChI is InChI=1S/C25H26N4O4S2.ClH/c1-16-3-4-17(30)11-21(16)27-20-5-6-26-22-12-19(24(13-18(20)22)35(2,31)32)23-15-34-25(28-23)14-29-7-9-33-10-8-29;/h3-6,11-13,15,30H,7-10,14H2,1-2H3,(H,26,27);1H. The Kier molecular flexibility index (Phi) is 7.82. The molecule has 0 saturated carbocycles. The first kappa shape index (κ1) is 26.3. The zero-order chi connectivity index (χ0) is 24.6. The molecule has 8 nitrogen and oxygen atoms in total. The molecule has 3 heterocycles. The summed E-state index contributed by atoms with van der Waals surface area (Å²) >= 11 is 1.53. The molecule has 2 aromatic carbocycles. The fraction of sp³-hybridized carbons (Fsp3) is 0.280. The summed E-state index contributed by atoms with van der Waals surface area (Å²) in [7, 11) is -3.55. The van der Waals surface area contributed by atoms with Gasteiger partial charge in [0, 0.05) is 59.3 Å². The van der Waals surface area contributed by atoms with E-state index in [1.807, 2.05) is 18.4 Å². The highest BCUT2D eigenvalue weighted by atomic mass is 35.5. The number of nitrogens with zero attached hydrogens (tertiary/aromatic N) is 3. The molecule has 2 aromatic heterocycles. The van der Waals surface area contributed by atoms with Gasteiger partial charge in [-0.1, -0.05) is 6.07 Å². The van der Waals surface area contributed by atoms with Crippen LogP contribution in [0.5, 0.6) is 5.75 Å². The lowest BCUT2D eigenvalue weighted by atomic mass is 10.1. The van der Waals surface area contributed by atoms with Crippen molar-refractivity contribution in [2.24, 2.45) is 0 Å². The number of benzene rings is 2. The van der Waals surface area contributed by atoms with Crippen LogP contribution in [0.25, 0.3) is 22.2 Å². The smallest absolute Gasteiger partial charge is 0.176 e. The van der Waals surface area contributed by atoms with Crippen molar-refractivity contribution in [3.05, 3.63) is 58.5 Å². The average molecular weight is 547 g/mol. The maximum Gasteiger partial charge on any atom is 0.176 e. The van der Waals surface area contributed by atoms with Crippen molar-refractivity contribution < 1.29 is 18.3 Å². The van der Waals surface area contributed by atoms with Gasteiger partial charge in [-0.05, 0) is 36.8 Å². The molecule has 5 rings (SSSR count). The van der Waals surface area contributed by atoms with Crippen LogP contribution in [-0.2, 0) is 21.1 Å². The van der Waals surface area contributed by atoms with E-state index in [1.54, 1.807) is 36.5 Å². The molecule has 1 aliphatic rings. The molecular weight excluding hydrogens is 520 g/mol. The third-order valence-electron chi connectivity index (χ3n) is 6.02. The third kappa shape index (κ3) is 5.63. The van der Waals surface area contributed by atoms with Crippen LogP contribution in [0.3, 0.4) is 0 Å². The molecule has 0 atom stereocenters. The summed E-state index contributed by atoms with van der Waals surface area (Å²) in [6, 6.07) is 10.3. The van der Waals surface area contributed by atoms with Crippen LogP contribution in [0.4, 0.5) is 11.4 Å². The summed E-state index contributed by atoms with van der Waals surface area (Å²) in [6.45, 7) is 5.79. The molecule has 0 spiro atoms. The van der Waals surface area contributed by atoms with E-state index < -0.39 is 9.84 Å². The van der Waals surface area contributed by atoms with E-state index in [-0.39, 0.29) is 23.1 Å². The predicted octanol–water partition coefficient (Wildman–Crippen LogP) is 4.77. The molecule has 0 bridgehead atoms. The molecule has 11 heteroatoms. The van der Waals surface area contributed by atoms with Crippen LogP contribution in [0.1, 0.15) is 10.6 Å². The number of sulfone groups is 1. The predicted molar refractivity (Wildman–Crippen MR) is 145 cm³/mol. The van der Waals surface area contributed by atoms with E-state index >= 15 is 0 Å². The highest BCUT2D eigenvalue weighted by Crippen LogP contribution is 2.36. The number of phenols is 1. The number of ether oxygens (including phenoxy) is 1. The summed E-state index contributed by atoms with van der Waals surface area (Å²) in [5.41, 5.74) is 4.20. The highest BCUT2D eigenvalue weighted by Gasteiger charge is 2.21. The minimum Gasteiger partial charge on any atom is -0.508 e. The fourth-order valence-electron chi connectivity index (χ4n) is 4.14. The highest BCUT2D eigenvalue weighted by molar-refractivity contribution is 7.90. The second kappa shape index (κ2) is 10.7. The molecule has 1 fully saturated rings. The number of thiazole rings is 1. The van der Waals surface area contributed by atoms with Gasteiger partial charge in [0.25, 0.3) is 0 Å². The van der Waals surface area contributed by atoms with E-state index in [1.165, 1.54) is 17.6 Å². The molecule has 1 saturated heterocycles. The van der Waals surface area contributed by atoms with Gasteiger partial charge in [0.1, 0.15) is 10.8 Å². The van der Waals surface area contributed by atoms with Gasteiger partial charge in [-0.3, -0.25) is 9.88 Å². The zero-order valence-electron chi connectivity index (χ0n) is 19.9. The first-order valence-corrected chi connectivity index (χ1v) is 14.0. The lowest BCUT2D eigenvalue weighted by Crippen LogP contribution is -2.35. The van der Waals surface area contributed by atoms with Crippen LogP contribution >= 0.6 is 23.7 Å². The van der Waals surface area contributed by atoms with E-state index in [0.29, 0.717) is 47.6 Å². The van der Waals surface area contributed by atoms with E-state index in [2.05, 4.69) is 15.2 Å². The molecule has 0 aliphatic carbocycles. The fourth-order valence-corrected chi connectivity index (χ4v) is 5.87. The number of morpholine rings is 1. The van der Waals surface area contributed by atoms with Gasteiger partial charge in [0.15, 0.2) is 9.84 Å². The number of hydrogen-bond acceptors (Lipinski definition) is 9. The largest absolute Gasteiger partial charge is 0.508 e. The molecule has 1 aliphatic heterocycles. The summed E-state index contributed by atoms with van der Waals surface area (Å²) in [4.78, 5) is 11.8. The molecule has 0 amide bonds. The number of aryl methyl sites for hydroxylation is 1. The number of halogens is 1. The zero-order valence-corrected chi connectivity index (χ0v) is 22.3. The average Bonchev–Trinajstić information content (AvgIpc) is 3.29. The molecule has 0 radical (unpaired) electrons. The Morgan fingerprint density at radius 3 is 2.67 bits per heavy atom. The van der Waals surface area contributed by atoms with Gasteiger partial charge in [0.2, 0.25) is 0 Å². The van der Waals surface area contributed by atoms with Crippen molar-refractivity contribution in [1.29, 1.82) is 0 Å². The molecule has 0 unspecified atom stereocenters. The monoisotopic (exact) mass is 546 g/mol. The van der Waals surface area contributed by atoms with Crippen LogP contribution in [0.2, 0.25) is 0 Å². The second-order valence-electron chi connectivity index (χ2n) is 8.64. The molecule has 36 heavy (non-hydrogen) atoms. The van der Waals surface area contributed by atoms with Crippen LogP contribution in [0, 0.1) is 6.92 Å². The minimum atomic E-state index is -3.55. The normalized spacial score (nSPS) is 14.5. The maximum absolute atomic E-state index is 12.8. The Labute approximate surface area is 220 Å². The van der Waals surface area contributed by atoms with Crippen molar-refractivity contribution in [2.75, 3.05) is 37.9 Å². The van der Waals surface area contributed by atoms with Crippen molar-refractivity contribution >= 4 is 55.9 Å². The Balaban J connectivity index is 0.00000304. The summed E-state index contributed by atoms with van der Waals surface area (Å²) in [5, 5.41) is 16.7. The lowest BCUT2D eigenvalue weighted by Gasteiger charge is -2.25. The summed E-state index contributed by atoms with van der Waals surface area (Å²) in [6.07, 6.45) is 2.89. The number of aromatic hydroxyl groups is 1. The van der Waals surface area contributed by atoms with Gasteiger partial charge in [-0.15, -0.1) is 23.7 Å². The van der Waals surface area contributed by atoms with E-state index in [9.17, 15) is 13.5 Å². The quantitative estimate of drug-likeness (QED) is 0.356. The van der Waals surface area contributed by atoms with Crippen molar-refractivity contribution in [3.63, 3.8) is 0 Å². The van der Waals surface area contributed by atoms with Crippen molar-refractivity contribution in [3.8, 4) is 17.0 Å². The van der Waals surface area contributed by atoms with Gasteiger partial charge < -0.3 is 15.2 Å². The third-order valence-corrected chi connectivity index (χ3v) is 7.99. The summed E-state index contributed by atoms with van der Waals surface area (Å²) < 4.78 is 31.1. The van der Waals surface area contributed by atoms with Gasteiger partial charge in [-0.25, -0.2) is 13.4 Å². The lowest BCUT2D eigenvalue weighted by molar-refractivity contribution is 0.0342. The first-order chi connectivity index (χ1) is 16.8. The number of fused-ring (bicyclic) bond motifs is 1. The SMILES string of the molecule is Cc1ccc(O)cc1Nc1ccnc2cc(-c3csc(CN4CCOCC4)n3)c(S(C)(=O)=O)cc12.Cl. The van der Waals surface area contributed by atoms with Crippen LogP contribution in [-0.4, -0.2) is 61.0 Å². The molecule has 2 N–H and O–H groups in total. The first-order valence-electron chi connectivity index (χ1n) is 11.2. The number of rotatable bonds is 6. The Bertz CT molecular complexity index is 1500. The van der Waals surface area contributed by atoms with Gasteiger partial charge in [0.05, 0.1) is 35.9 Å². The minimum absolute atomic E-state index is 0. The van der Waals surface area contributed by atoms with Gasteiger partial charge in [-0.2, -0.15) is 0 Å². The van der Waals surface area contributed by atoms with Crippen LogP contribution in [0.15, 0.2) is 52.9 Å². The van der Waals surface area contributed by atoms with Crippen LogP contribution < -0.4 is 5.32 Å². The van der Waals surface area contributed by atoms with Gasteiger partial charge >= 0.3 is 0 Å². The topological polar surface area (TPSA) is 105 Å². The van der Waals surface area contributed by atoms with Crippen molar-refractivity contribution in [2.45, 2.75) is 18.4 Å². The Morgan fingerprint density at radius 1 is 1.14 bits per heavy atom. The van der Waals surface area contributed by atoms with E-state index in [0.717, 1.165) is 29.3 Å². The number of hydrogen-bond donors (Lipinski definition) is 2. The molecule has 190 valence electrons. The maximum atomic E-state index is 12.8. The molecule has 4 aromatic rings.